The SMILES string of the molecule is COc1ccc(Nc2cc(C(=N)N)sc2SC)cc1. The molecular weight excluding hydrogens is 278 g/mol. The number of nitrogen functional groups attached to an aromatic ring is 1. The van der Waals surface area contributed by atoms with Gasteiger partial charge < -0.3 is 15.8 Å². The molecular formula is C13H15N3OS2. The number of thioether (sulfide) groups is 1. The molecule has 0 fully saturated rings. The number of hydrogen-bond acceptors (Lipinski definition) is 5. The third kappa shape index (κ3) is 3.21. The first-order valence-electron chi connectivity index (χ1n) is 5.57. The molecule has 2 aromatic rings. The summed E-state index contributed by atoms with van der Waals surface area (Å²) >= 11 is 3.16. The minimum Gasteiger partial charge on any atom is -0.497 e. The van der Waals surface area contributed by atoms with Gasteiger partial charge in [-0.3, -0.25) is 5.41 Å². The Morgan fingerprint density at radius 3 is 2.58 bits per heavy atom. The second-order valence-corrected chi connectivity index (χ2v) is 5.91. The van der Waals surface area contributed by atoms with Crippen molar-refractivity contribution in [2.75, 3.05) is 18.7 Å². The number of nitrogens with two attached hydrogens (primary N) is 1. The summed E-state index contributed by atoms with van der Waals surface area (Å²) in [4.78, 5) is 0.778. The van der Waals surface area contributed by atoms with Gasteiger partial charge in [-0.05, 0) is 36.6 Å². The molecule has 0 unspecified atom stereocenters. The molecule has 0 atom stereocenters. The van der Waals surface area contributed by atoms with Gasteiger partial charge in [0, 0.05) is 5.69 Å². The number of anilines is 2. The Labute approximate surface area is 120 Å². The van der Waals surface area contributed by atoms with Crippen LogP contribution in [-0.4, -0.2) is 19.2 Å². The van der Waals surface area contributed by atoms with Crippen molar-refractivity contribution in [1.82, 2.24) is 0 Å². The molecule has 4 nitrogen and oxygen atoms in total. The fraction of sp³-hybridized carbons (Fsp3) is 0.154. The molecule has 0 radical (unpaired) electrons. The summed E-state index contributed by atoms with van der Waals surface area (Å²) in [5.41, 5.74) is 7.48. The number of benzene rings is 1. The Kier molecular flexibility index (Phi) is 4.34. The highest BCUT2D eigenvalue weighted by Crippen LogP contribution is 2.36. The number of hydrogen-bond donors (Lipinski definition) is 3. The van der Waals surface area contributed by atoms with E-state index in [1.165, 1.54) is 11.3 Å². The van der Waals surface area contributed by atoms with Gasteiger partial charge in [-0.2, -0.15) is 0 Å². The molecule has 100 valence electrons. The molecule has 0 bridgehead atoms. The Hall–Kier alpha value is -1.66. The summed E-state index contributed by atoms with van der Waals surface area (Å²) in [6.07, 6.45) is 2.01. The third-order valence-corrected chi connectivity index (χ3v) is 4.82. The van der Waals surface area contributed by atoms with Crippen LogP contribution in [0.15, 0.2) is 34.5 Å². The molecule has 6 heteroatoms. The Morgan fingerprint density at radius 1 is 1.37 bits per heavy atom. The summed E-state index contributed by atoms with van der Waals surface area (Å²) in [5.74, 6) is 0.925. The highest BCUT2D eigenvalue weighted by molar-refractivity contribution is 8.00. The first kappa shape index (κ1) is 13.8. The average molecular weight is 293 g/mol. The van der Waals surface area contributed by atoms with E-state index in [4.69, 9.17) is 15.9 Å². The van der Waals surface area contributed by atoms with Crippen molar-refractivity contribution in [3.63, 3.8) is 0 Å². The Bertz CT molecular complexity index is 578. The number of rotatable bonds is 5. The number of nitrogens with one attached hydrogen (secondary N) is 2. The van der Waals surface area contributed by atoms with E-state index in [0.29, 0.717) is 0 Å². The lowest BCUT2D eigenvalue weighted by Gasteiger charge is -2.07. The quantitative estimate of drug-likeness (QED) is 0.448. The van der Waals surface area contributed by atoms with Crippen molar-refractivity contribution >= 4 is 40.3 Å². The third-order valence-electron chi connectivity index (χ3n) is 2.52. The molecule has 0 spiro atoms. The summed E-state index contributed by atoms with van der Waals surface area (Å²) < 4.78 is 6.24. The van der Waals surface area contributed by atoms with Crippen molar-refractivity contribution < 1.29 is 4.74 Å². The zero-order valence-corrected chi connectivity index (χ0v) is 12.3. The van der Waals surface area contributed by atoms with Gasteiger partial charge in [0.25, 0.3) is 0 Å². The predicted octanol–water partition coefficient (Wildman–Crippen LogP) is 3.51. The van der Waals surface area contributed by atoms with Gasteiger partial charge in [-0.25, -0.2) is 0 Å². The number of methoxy groups -OCH3 is 1. The van der Waals surface area contributed by atoms with Crippen LogP contribution in [0.5, 0.6) is 5.75 Å². The zero-order valence-electron chi connectivity index (χ0n) is 10.7. The fourth-order valence-electron chi connectivity index (χ4n) is 1.58. The molecule has 4 N–H and O–H groups in total. The monoisotopic (exact) mass is 293 g/mol. The van der Waals surface area contributed by atoms with E-state index >= 15 is 0 Å². The Morgan fingerprint density at radius 2 is 2.05 bits per heavy atom. The maximum atomic E-state index is 7.49. The molecule has 0 saturated carbocycles. The second kappa shape index (κ2) is 5.99. The van der Waals surface area contributed by atoms with Gasteiger partial charge in [-0.1, -0.05) is 0 Å². The van der Waals surface area contributed by atoms with Gasteiger partial charge in [0.1, 0.15) is 11.6 Å². The number of ether oxygens (including phenoxy) is 1. The van der Waals surface area contributed by atoms with Crippen molar-refractivity contribution in [1.29, 1.82) is 5.41 Å². The van der Waals surface area contributed by atoms with E-state index in [1.54, 1.807) is 18.9 Å². The minimum atomic E-state index is 0.100. The molecule has 0 aliphatic heterocycles. The lowest BCUT2D eigenvalue weighted by molar-refractivity contribution is 0.415. The minimum absolute atomic E-state index is 0.100. The lowest BCUT2D eigenvalue weighted by Crippen LogP contribution is -2.08. The number of thiophene rings is 1. The largest absolute Gasteiger partial charge is 0.497 e. The maximum Gasteiger partial charge on any atom is 0.133 e. The highest BCUT2D eigenvalue weighted by atomic mass is 32.2. The number of amidine groups is 1. The van der Waals surface area contributed by atoms with Crippen LogP contribution in [-0.2, 0) is 0 Å². The normalized spacial score (nSPS) is 10.2. The molecule has 1 aromatic heterocycles. The topological polar surface area (TPSA) is 71.1 Å². The molecule has 0 amide bonds. The molecule has 0 aliphatic rings. The summed E-state index contributed by atoms with van der Waals surface area (Å²) in [7, 11) is 1.65. The second-order valence-electron chi connectivity index (χ2n) is 3.78. The molecule has 0 aliphatic carbocycles. The molecule has 1 heterocycles. The van der Waals surface area contributed by atoms with E-state index in [2.05, 4.69) is 5.32 Å². The van der Waals surface area contributed by atoms with Gasteiger partial charge in [0.05, 0.1) is 21.9 Å². The maximum absolute atomic E-state index is 7.49. The van der Waals surface area contributed by atoms with Crippen molar-refractivity contribution in [3.8, 4) is 5.75 Å². The van der Waals surface area contributed by atoms with Crippen LogP contribution >= 0.6 is 23.1 Å². The first-order valence-corrected chi connectivity index (χ1v) is 7.61. The van der Waals surface area contributed by atoms with E-state index in [9.17, 15) is 0 Å². The predicted molar refractivity (Wildman–Crippen MR) is 83.4 cm³/mol. The van der Waals surface area contributed by atoms with E-state index < -0.39 is 0 Å². The van der Waals surface area contributed by atoms with E-state index in [-0.39, 0.29) is 5.84 Å². The molecule has 2 rings (SSSR count). The lowest BCUT2D eigenvalue weighted by atomic mass is 10.3. The van der Waals surface area contributed by atoms with E-state index in [0.717, 1.165) is 26.2 Å². The van der Waals surface area contributed by atoms with Crippen LogP contribution in [0.1, 0.15) is 4.88 Å². The van der Waals surface area contributed by atoms with Gasteiger partial charge in [0.15, 0.2) is 0 Å². The summed E-state index contributed by atoms with van der Waals surface area (Å²) in [5, 5.41) is 10.8. The first-order chi connectivity index (χ1) is 9.13. The smallest absolute Gasteiger partial charge is 0.133 e. The highest BCUT2D eigenvalue weighted by Gasteiger charge is 2.10. The van der Waals surface area contributed by atoms with Crippen LogP contribution < -0.4 is 15.8 Å². The zero-order chi connectivity index (χ0) is 13.8. The van der Waals surface area contributed by atoms with E-state index in [1.807, 2.05) is 36.6 Å². The van der Waals surface area contributed by atoms with Crippen LogP contribution in [0, 0.1) is 5.41 Å². The van der Waals surface area contributed by atoms with Crippen LogP contribution in [0.2, 0.25) is 0 Å². The Balaban J connectivity index is 2.23. The van der Waals surface area contributed by atoms with Crippen LogP contribution in [0.3, 0.4) is 0 Å². The summed E-state index contributed by atoms with van der Waals surface area (Å²) in [6, 6.07) is 9.61. The van der Waals surface area contributed by atoms with Gasteiger partial charge in [0.2, 0.25) is 0 Å². The average Bonchev–Trinajstić information content (AvgIpc) is 2.83. The molecule has 19 heavy (non-hydrogen) atoms. The standard InChI is InChI=1S/C13H15N3OS2/c1-17-9-5-3-8(4-6-9)16-10-7-11(12(14)15)19-13(10)18-2/h3-7,16H,1-2H3,(H3,14,15). The fourth-order valence-corrected chi connectivity index (χ4v) is 3.21. The van der Waals surface area contributed by atoms with Gasteiger partial charge in [-0.15, -0.1) is 23.1 Å². The molecule has 0 saturated heterocycles. The van der Waals surface area contributed by atoms with Crippen molar-refractivity contribution in [3.05, 3.63) is 35.2 Å². The van der Waals surface area contributed by atoms with Crippen molar-refractivity contribution in [2.24, 2.45) is 5.73 Å². The van der Waals surface area contributed by atoms with Gasteiger partial charge >= 0.3 is 0 Å². The van der Waals surface area contributed by atoms with Crippen LogP contribution in [0.25, 0.3) is 0 Å². The molecule has 1 aromatic carbocycles. The summed E-state index contributed by atoms with van der Waals surface area (Å²) in [6.45, 7) is 0. The van der Waals surface area contributed by atoms with Crippen LogP contribution in [0.4, 0.5) is 11.4 Å². The van der Waals surface area contributed by atoms with Crippen molar-refractivity contribution in [2.45, 2.75) is 4.21 Å².